The predicted octanol–water partition coefficient (Wildman–Crippen LogP) is 6.54. The summed E-state index contributed by atoms with van der Waals surface area (Å²) < 4.78 is 29.1. The Hall–Kier alpha value is -3.56. The molecule has 2 amide bonds. The molecule has 11 heteroatoms. The van der Waals surface area contributed by atoms with Gasteiger partial charge in [0.15, 0.2) is 0 Å². The Bertz CT molecular complexity index is 1680. The number of sulfonamides is 1. The third kappa shape index (κ3) is 7.89. The quantitative estimate of drug-likeness (QED) is 0.198. The lowest BCUT2D eigenvalue weighted by Crippen LogP contribution is -2.53. The van der Waals surface area contributed by atoms with Crippen molar-refractivity contribution >= 4 is 62.3 Å². The van der Waals surface area contributed by atoms with Crippen LogP contribution < -0.4 is 9.62 Å². The molecule has 0 aromatic heterocycles. The van der Waals surface area contributed by atoms with E-state index in [2.05, 4.69) is 5.32 Å². The van der Waals surface area contributed by atoms with Gasteiger partial charge < -0.3 is 10.2 Å². The van der Waals surface area contributed by atoms with Gasteiger partial charge >= 0.3 is 0 Å². The highest BCUT2D eigenvalue weighted by Crippen LogP contribution is 2.35. The van der Waals surface area contributed by atoms with E-state index in [1.54, 1.807) is 42.5 Å². The Morgan fingerprint density at radius 2 is 1.47 bits per heavy atom. The number of benzene rings is 4. The molecule has 1 atom stereocenters. The zero-order valence-electron chi connectivity index (χ0n) is 23.5. The summed E-state index contributed by atoms with van der Waals surface area (Å²) in [7, 11) is -2.81. The fraction of sp³-hybridized carbons (Fsp3) is 0.188. The first-order chi connectivity index (χ1) is 20.5. The monoisotopic (exact) mass is 657 g/mol. The second-order valence-electron chi connectivity index (χ2n) is 9.87. The standard InChI is InChI=1S/C32H30Cl3N3O4S/c1-22-11-17-26(18-12-22)43(41,42)38(28-10-6-9-27(34)31(28)35)21-30(39)37(20-24-13-15-25(33)16-14-24)29(32(40)36-2)19-23-7-4-3-5-8-23/h3-18,29H,19-21H2,1-2H3,(H,36,40). The summed E-state index contributed by atoms with van der Waals surface area (Å²) in [5, 5.41) is 3.27. The number of hydrogen-bond acceptors (Lipinski definition) is 4. The van der Waals surface area contributed by atoms with Crippen LogP contribution in [-0.4, -0.2) is 44.8 Å². The van der Waals surface area contributed by atoms with Crippen LogP contribution in [0.25, 0.3) is 0 Å². The van der Waals surface area contributed by atoms with Crippen molar-refractivity contribution in [2.45, 2.75) is 30.8 Å². The summed E-state index contributed by atoms with van der Waals surface area (Å²) in [6, 6.07) is 26.0. The van der Waals surface area contributed by atoms with Crippen LogP contribution in [0.2, 0.25) is 15.1 Å². The number of nitrogens with one attached hydrogen (secondary N) is 1. The summed E-state index contributed by atoms with van der Waals surface area (Å²) >= 11 is 18.9. The minimum Gasteiger partial charge on any atom is -0.357 e. The van der Waals surface area contributed by atoms with Gasteiger partial charge in [0, 0.05) is 25.0 Å². The van der Waals surface area contributed by atoms with Crippen LogP contribution in [0.3, 0.4) is 0 Å². The number of carbonyl (C=O) groups excluding carboxylic acids is 2. The maximum absolute atomic E-state index is 14.3. The molecule has 0 aliphatic heterocycles. The number of aryl methyl sites for hydroxylation is 1. The van der Waals surface area contributed by atoms with Crippen LogP contribution in [0.15, 0.2) is 102 Å². The molecule has 1 unspecified atom stereocenters. The molecule has 4 aromatic rings. The molecule has 0 aliphatic carbocycles. The largest absolute Gasteiger partial charge is 0.357 e. The Labute approximate surface area is 267 Å². The van der Waals surface area contributed by atoms with E-state index in [-0.39, 0.29) is 33.6 Å². The molecule has 0 aliphatic rings. The van der Waals surface area contributed by atoms with Crippen LogP contribution >= 0.6 is 34.8 Å². The van der Waals surface area contributed by atoms with Crippen molar-refractivity contribution in [1.29, 1.82) is 0 Å². The van der Waals surface area contributed by atoms with Crippen LogP contribution in [0, 0.1) is 6.92 Å². The molecule has 224 valence electrons. The van der Waals surface area contributed by atoms with Gasteiger partial charge in [0.1, 0.15) is 12.6 Å². The maximum Gasteiger partial charge on any atom is 0.264 e. The smallest absolute Gasteiger partial charge is 0.264 e. The van der Waals surface area contributed by atoms with Crippen molar-refractivity contribution in [3.05, 3.63) is 129 Å². The summed E-state index contributed by atoms with van der Waals surface area (Å²) in [6.07, 6.45) is 0.197. The number of likely N-dealkylation sites (N-methyl/N-ethyl adjacent to an activating group) is 1. The highest BCUT2D eigenvalue weighted by atomic mass is 35.5. The lowest BCUT2D eigenvalue weighted by Gasteiger charge is -2.33. The van der Waals surface area contributed by atoms with Gasteiger partial charge in [-0.3, -0.25) is 13.9 Å². The second-order valence-corrected chi connectivity index (χ2v) is 12.9. The Balaban J connectivity index is 1.81. The molecular formula is C32H30Cl3N3O4S. The average Bonchev–Trinajstić information content (AvgIpc) is 3.00. The number of halogens is 3. The van der Waals surface area contributed by atoms with Gasteiger partial charge in [0.25, 0.3) is 10.0 Å². The van der Waals surface area contributed by atoms with E-state index < -0.39 is 34.4 Å². The van der Waals surface area contributed by atoms with Gasteiger partial charge in [0.05, 0.1) is 20.6 Å². The number of carbonyl (C=O) groups is 2. The van der Waals surface area contributed by atoms with Gasteiger partial charge in [-0.15, -0.1) is 0 Å². The summed E-state index contributed by atoms with van der Waals surface area (Å²) in [5.74, 6) is -1.02. The van der Waals surface area contributed by atoms with Gasteiger partial charge in [-0.05, 0) is 54.4 Å². The fourth-order valence-corrected chi connectivity index (χ4v) is 6.54. The van der Waals surface area contributed by atoms with Crippen molar-refractivity contribution in [3.8, 4) is 0 Å². The molecule has 0 heterocycles. The predicted molar refractivity (Wildman–Crippen MR) is 172 cm³/mol. The molecule has 7 nitrogen and oxygen atoms in total. The van der Waals surface area contributed by atoms with Gasteiger partial charge in [-0.25, -0.2) is 8.42 Å². The topological polar surface area (TPSA) is 86.8 Å². The molecule has 43 heavy (non-hydrogen) atoms. The Kier molecular flexibility index (Phi) is 10.7. The number of nitrogens with zero attached hydrogens (tertiary/aromatic N) is 2. The zero-order chi connectivity index (χ0) is 31.1. The first kappa shape index (κ1) is 32.4. The van der Waals surface area contributed by atoms with Crippen molar-refractivity contribution in [2.24, 2.45) is 0 Å². The molecule has 0 bridgehead atoms. The summed E-state index contributed by atoms with van der Waals surface area (Å²) in [4.78, 5) is 29.0. The first-order valence-corrected chi connectivity index (χ1v) is 15.9. The van der Waals surface area contributed by atoms with Crippen molar-refractivity contribution in [2.75, 3.05) is 17.9 Å². The van der Waals surface area contributed by atoms with E-state index in [0.717, 1.165) is 15.4 Å². The van der Waals surface area contributed by atoms with Crippen molar-refractivity contribution in [3.63, 3.8) is 0 Å². The molecule has 1 N–H and O–H groups in total. The SMILES string of the molecule is CNC(=O)C(Cc1ccccc1)N(Cc1ccc(Cl)cc1)C(=O)CN(c1cccc(Cl)c1Cl)S(=O)(=O)c1ccc(C)cc1. The molecule has 0 radical (unpaired) electrons. The minimum atomic E-state index is -4.30. The summed E-state index contributed by atoms with van der Waals surface area (Å²) in [6.45, 7) is 1.21. The number of anilines is 1. The number of amides is 2. The Morgan fingerprint density at radius 1 is 0.814 bits per heavy atom. The first-order valence-electron chi connectivity index (χ1n) is 13.3. The highest BCUT2D eigenvalue weighted by Gasteiger charge is 2.35. The van der Waals surface area contributed by atoms with Gasteiger partial charge in [-0.2, -0.15) is 0 Å². The second kappa shape index (κ2) is 14.3. The number of hydrogen-bond donors (Lipinski definition) is 1. The van der Waals surface area contributed by atoms with E-state index in [1.165, 1.54) is 36.2 Å². The molecular weight excluding hydrogens is 629 g/mol. The minimum absolute atomic E-state index is 0.0165. The van der Waals surface area contributed by atoms with E-state index in [0.29, 0.717) is 10.6 Å². The van der Waals surface area contributed by atoms with E-state index in [4.69, 9.17) is 34.8 Å². The lowest BCUT2D eigenvalue weighted by atomic mass is 10.0. The van der Waals surface area contributed by atoms with E-state index in [9.17, 15) is 18.0 Å². The molecule has 0 saturated heterocycles. The van der Waals surface area contributed by atoms with Crippen molar-refractivity contribution in [1.82, 2.24) is 10.2 Å². The van der Waals surface area contributed by atoms with Crippen LogP contribution in [0.5, 0.6) is 0 Å². The average molecular weight is 659 g/mol. The van der Waals surface area contributed by atoms with E-state index >= 15 is 0 Å². The molecule has 0 fully saturated rings. The fourth-order valence-electron chi connectivity index (χ4n) is 4.54. The third-order valence-electron chi connectivity index (χ3n) is 6.87. The molecule has 0 saturated carbocycles. The highest BCUT2D eigenvalue weighted by molar-refractivity contribution is 7.92. The number of rotatable bonds is 11. The van der Waals surface area contributed by atoms with Gasteiger partial charge in [0.2, 0.25) is 11.8 Å². The van der Waals surface area contributed by atoms with Crippen LogP contribution in [0.4, 0.5) is 5.69 Å². The normalized spacial score (nSPS) is 11.9. The lowest BCUT2D eigenvalue weighted by molar-refractivity contribution is -0.139. The molecule has 4 rings (SSSR count). The summed E-state index contributed by atoms with van der Waals surface area (Å²) in [5.41, 5.74) is 2.43. The van der Waals surface area contributed by atoms with Gasteiger partial charge in [-0.1, -0.05) is 101 Å². The molecule has 0 spiro atoms. The van der Waals surface area contributed by atoms with Crippen molar-refractivity contribution < 1.29 is 18.0 Å². The van der Waals surface area contributed by atoms with E-state index in [1.807, 2.05) is 37.3 Å². The Morgan fingerprint density at radius 3 is 2.09 bits per heavy atom. The van der Waals surface area contributed by atoms with Crippen LogP contribution in [-0.2, 0) is 32.6 Å². The third-order valence-corrected chi connectivity index (χ3v) is 9.71. The van der Waals surface area contributed by atoms with Crippen LogP contribution in [0.1, 0.15) is 16.7 Å². The zero-order valence-corrected chi connectivity index (χ0v) is 26.6. The molecule has 4 aromatic carbocycles. The maximum atomic E-state index is 14.3.